The van der Waals surface area contributed by atoms with Crippen LogP contribution in [0.5, 0.6) is 0 Å². The van der Waals surface area contributed by atoms with Gasteiger partial charge >= 0.3 is 0 Å². The average molecular weight is 174 g/mol. The van der Waals surface area contributed by atoms with Gasteiger partial charge in [0.25, 0.3) is 0 Å². The van der Waals surface area contributed by atoms with Gasteiger partial charge in [0, 0.05) is 6.61 Å². The molecular formula is C10H22O2. The summed E-state index contributed by atoms with van der Waals surface area (Å²) in [5, 5.41) is 9.16. The Morgan fingerprint density at radius 3 is 2.33 bits per heavy atom. The van der Waals surface area contributed by atoms with E-state index >= 15 is 0 Å². The van der Waals surface area contributed by atoms with Crippen molar-refractivity contribution in [2.24, 2.45) is 5.41 Å². The molecule has 0 heterocycles. The highest BCUT2D eigenvalue weighted by Crippen LogP contribution is 2.17. The predicted octanol–water partition coefficient (Wildman–Crippen LogP) is 2.21. The third-order valence-electron chi connectivity index (χ3n) is 1.78. The quantitative estimate of drug-likeness (QED) is 0.647. The highest BCUT2D eigenvalue weighted by atomic mass is 16.5. The summed E-state index contributed by atoms with van der Waals surface area (Å²) in [6, 6.07) is 0. The van der Waals surface area contributed by atoms with Gasteiger partial charge in [-0.1, -0.05) is 27.7 Å². The molecular weight excluding hydrogens is 152 g/mol. The van der Waals surface area contributed by atoms with Gasteiger partial charge in [-0.25, -0.2) is 0 Å². The number of aliphatic hydroxyl groups excluding tert-OH is 1. The van der Waals surface area contributed by atoms with Crippen LogP contribution in [0, 0.1) is 5.41 Å². The Morgan fingerprint density at radius 1 is 1.33 bits per heavy atom. The smallest absolute Gasteiger partial charge is 0.0771 e. The third kappa shape index (κ3) is 8.02. The molecule has 0 aliphatic carbocycles. The van der Waals surface area contributed by atoms with Crippen molar-refractivity contribution in [3.8, 4) is 0 Å². The van der Waals surface area contributed by atoms with E-state index in [-0.39, 0.29) is 6.10 Å². The van der Waals surface area contributed by atoms with E-state index in [0.29, 0.717) is 12.0 Å². The zero-order valence-corrected chi connectivity index (χ0v) is 8.76. The summed E-state index contributed by atoms with van der Waals surface area (Å²) in [5.41, 5.74) is 0.331. The lowest BCUT2D eigenvalue weighted by Gasteiger charge is -2.18. The Morgan fingerprint density at radius 2 is 1.92 bits per heavy atom. The molecule has 0 radical (unpaired) electrons. The number of hydrogen-bond acceptors (Lipinski definition) is 2. The van der Waals surface area contributed by atoms with Crippen molar-refractivity contribution in [2.75, 3.05) is 13.2 Å². The maximum atomic E-state index is 9.16. The summed E-state index contributed by atoms with van der Waals surface area (Å²) in [6.07, 6.45) is 1.53. The van der Waals surface area contributed by atoms with Gasteiger partial charge in [-0.2, -0.15) is 0 Å². The van der Waals surface area contributed by atoms with E-state index in [1.54, 1.807) is 0 Å². The number of ether oxygens (including phenoxy) is 1. The Hall–Kier alpha value is -0.0800. The first kappa shape index (κ1) is 11.9. The third-order valence-corrected chi connectivity index (χ3v) is 1.78. The van der Waals surface area contributed by atoms with Crippen LogP contribution in [-0.4, -0.2) is 24.4 Å². The van der Waals surface area contributed by atoms with Crippen LogP contribution >= 0.6 is 0 Å². The summed E-state index contributed by atoms with van der Waals surface area (Å²) in [7, 11) is 0. The first-order valence-corrected chi connectivity index (χ1v) is 4.71. The molecule has 1 atom stereocenters. The van der Waals surface area contributed by atoms with E-state index in [0.717, 1.165) is 19.4 Å². The van der Waals surface area contributed by atoms with Crippen molar-refractivity contribution < 1.29 is 9.84 Å². The SMILES string of the molecule is CCC(O)COCCC(C)(C)C. The van der Waals surface area contributed by atoms with Gasteiger partial charge in [-0.15, -0.1) is 0 Å². The Kier molecular flexibility index (Phi) is 5.51. The molecule has 12 heavy (non-hydrogen) atoms. The summed E-state index contributed by atoms with van der Waals surface area (Å²) in [5.74, 6) is 0. The zero-order valence-electron chi connectivity index (χ0n) is 8.76. The van der Waals surface area contributed by atoms with Crippen molar-refractivity contribution in [3.05, 3.63) is 0 Å². The molecule has 0 aliphatic rings. The van der Waals surface area contributed by atoms with Crippen LogP contribution in [0.2, 0.25) is 0 Å². The Bertz CT molecular complexity index is 105. The molecule has 1 unspecified atom stereocenters. The van der Waals surface area contributed by atoms with Crippen LogP contribution in [-0.2, 0) is 4.74 Å². The molecule has 74 valence electrons. The summed E-state index contributed by atoms with van der Waals surface area (Å²) < 4.78 is 5.31. The first-order valence-electron chi connectivity index (χ1n) is 4.71. The summed E-state index contributed by atoms with van der Waals surface area (Å²) in [6.45, 7) is 9.75. The maximum Gasteiger partial charge on any atom is 0.0771 e. The predicted molar refractivity (Wildman–Crippen MR) is 51.2 cm³/mol. The standard InChI is InChI=1S/C10H22O2/c1-5-9(11)8-12-7-6-10(2,3)4/h9,11H,5-8H2,1-4H3. The van der Waals surface area contributed by atoms with Gasteiger partial charge < -0.3 is 9.84 Å². The van der Waals surface area contributed by atoms with Crippen molar-refractivity contribution >= 4 is 0 Å². The topological polar surface area (TPSA) is 29.5 Å². The van der Waals surface area contributed by atoms with Crippen molar-refractivity contribution in [2.45, 2.75) is 46.6 Å². The molecule has 0 amide bonds. The zero-order chi connectivity index (χ0) is 9.61. The van der Waals surface area contributed by atoms with E-state index < -0.39 is 0 Å². The minimum absolute atomic E-state index is 0.287. The lowest BCUT2D eigenvalue weighted by molar-refractivity contribution is 0.0256. The Labute approximate surface area is 75.9 Å². The molecule has 0 aliphatic heterocycles. The second-order valence-electron chi connectivity index (χ2n) is 4.45. The second-order valence-corrected chi connectivity index (χ2v) is 4.45. The molecule has 0 saturated heterocycles. The molecule has 0 aromatic rings. The maximum absolute atomic E-state index is 9.16. The molecule has 0 saturated carbocycles. The fourth-order valence-corrected chi connectivity index (χ4v) is 0.716. The van der Waals surface area contributed by atoms with Gasteiger partial charge in [-0.05, 0) is 18.3 Å². The number of aliphatic hydroxyl groups is 1. The molecule has 2 heteroatoms. The minimum Gasteiger partial charge on any atom is -0.391 e. The van der Waals surface area contributed by atoms with Crippen LogP contribution in [0.25, 0.3) is 0 Å². The molecule has 1 N–H and O–H groups in total. The van der Waals surface area contributed by atoms with Gasteiger partial charge in [0.1, 0.15) is 0 Å². The molecule has 0 aromatic carbocycles. The van der Waals surface area contributed by atoms with Crippen molar-refractivity contribution in [3.63, 3.8) is 0 Å². The minimum atomic E-state index is -0.287. The summed E-state index contributed by atoms with van der Waals surface area (Å²) >= 11 is 0. The Balaban J connectivity index is 3.22. The number of hydrogen-bond donors (Lipinski definition) is 1. The second kappa shape index (κ2) is 5.55. The van der Waals surface area contributed by atoms with Crippen molar-refractivity contribution in [1.82, 2.24) is 0 Å². The normalized spacial score (nSPS) is 14.8. The van der Waals surface area contributed by atoms with Gasteiger partial charge in [0.2, 0.25) is 0 Å². The lowest BCUT2D eigenvalue weighted by atomic mass is 9.93. The van der Waals surface area contributed by atoms with Crippen molar-refractivity contribution in [1.29, 1.82) is 0 Å². The molecule has 2 nitrogen and oxygen atoms in total. The highest BCUT2D eigenvalue weighted by Gasteiger charge is 2.09. The van der Waals surface area contributed by atoms with Crippen LogP contribution < -0.4 is 0 Å². The fraction of sp³-hybridized carbons (Fsp3) is 1.00. The molecule has 0 fully saturated rings. The van der Waals surface area contributed by atoms with E-state index in [1.165, 1.54) is 0 Å². The van der Waals surface area contributed by atoms with E-state index in [2.05, 4.69) is 20.8 Å². The van der Waals surface area contributed by atoms with Crippen LogP contribution in [0.3, 0.4) is 0 Å². The number of rotatable bonds is 5. The monoisotopic (exact) mass is 174 g/mol. The molecule has 0 aromatic heterocycles. The largest absolute Gasteiger partial charge is 0.391 e. The summed E-state index contributed by atoms with van der Waals surface area (Å²) in [4.78, 5) is 0. The van der Waals surface area contributed by atoms with Gasteiger partial charge in [0.05, 0.1) is 12.7 Å². The molecule has 0 rings (SSSR count). The van der Waals surface area contributed by atoms with Crippen LogP contribution in [0.15, 0.2) is 0 Å². The van der Waals surface area contributed by atoms with Crippen LogP contribution in [0.4, 0.5) is 0 Å². The van der Waals surface area contributed by atoms with E-state index in [1.807, 2.05) is 6.92 Å². The van der Waals surface area contributed by atoms with E-state index in [4.69, 9.17) is 9.84 Å². The lowest BCUT2D eigenvalue weighted by Crippen LogP contribution is -2.16. The van der Waals surface area contributed by atoms with E-state index in [9.17, 15) is 0 Å². The fourth-order valence-electron chi connectivity index (χ4n) is 0.716. The first-order chi connectivity index (χ1) is 5.45. The van der Waals surface area contributed by atoms with Gasteiger partial charge in [-0.3, -0.25) is 0 Å². The average Bonchev–Trinajstić information content (AvgIpc) is 1.96. The van der Waals surface area contributed by atoms with Crippen LogP contribution in [0.1, 0.15) is 40.5 Å². The molecule has 0 bridgehead atoms. The van der Waals surface area contributed by atoms with Gasteiger partial charge in [0.15, 0.2) is 0 Å². The molecule has 0 spiro atoms. The highest BCUT2D eigenvalue weighted by molar-refractivity contribution is 4.60.